The maximum Gasteiger partial charge on any atom is 0.331 e. The summed E-state index contributed by atoms with van der Waals surface area (Å²) in [5, 5.41) is 0.735. The first-order chi connectivity index (χ1) is 8.41. The number of Topliss-reactive ketones (excluding diaryl/α,β-unsaturated/α-hetero) is 1. The van der Waals surface area contributed by atoms with Crippen molar-refractivity contribution in [2.45, 2.75) is 13.5 Å². The molecule has 0 saturated heterocycles. The standard InChI is InChI=1S/C12H11ClN2O3/c1-7(16)6-15-11(17)9-5-8(13)3-4-10(9)14(2)12(15)18/h3-5H,6H2,1-2H3. The van der Waals surface area contributed by atoms with Crippen molar-refractivity contribution in [3.8, 4) is 0 Å². The molecule has 0 aliphatic rings. The van der Waals surface area contributed by atoms with Crippen molar-refractivity contribution in [3.63, 3.8) is 0 Å². The zero-order valence-electron chi connectivity index (χ0n) is 9.94. The number of nitrogens with zero attached hydrogens (tertiary/aromatic N) is 2. The minimum atomic E-state index is -0.509. The molecule has 0 aliphatic carbocycles. The van der Waals surface area contributed by atoms with E-state index in [9.17, 15) is 14.4 Å². The molecular formula is C12H11ClN2O3. The number of carbonyl (C=O) groups is 1. The monoisotopic (exact) mass is 266 g/mol. The molecule has 0 aliphatic heterocycles. The Hall–Kier alpha value is -1.88. The van der Waals surface area contributed by atoms with Crippen LogP contribution < -0.4 is 11.2 Å². The van der Waals surface area contributed by atoms with Crippen LogP contribution in [-0.4, -0.2) is 14.9 Å². The Morgan fingerprint density at radius 3 is 2.61 bits per heavy atom. The van der Waals surface area contributed by atoms with Crippen molar-refractivity contribution in [2.24, 2.45) is 7.05 Å². The first-order valence-corrected chi connectivity index (χ1v) is 5.68. The van der Waals surface area contributed by atoms with Gasteiger partial charge in [-0.2, -0.15) is 0 Å². The summed E-state index contributed by atoms with van der Waals surface area (Å²) in [5.41, 5.74) is -0.509. The lowest BCUT2D eigenvalue weighted by Crippen LogP contribution is -2.40. The fraction of sp³-hybridized carbons (Fsp3) is 0.250. The Bertz CT molecular complexity index is 758. The summed E-state index contributed by atoms with van der Waals surface area (Å²) in [5.74, 6) is -0.254. The van der Waals surface area contributed by atoms with E-state index in [1.54, 1.807) is 19.2 Å². The SMILES string of the molecule is CC(=O)Cn1c(=O)c2cc(Cl)ccc2n(C)c1=O. The number of aromatic nitrogens is 2. The molecule has 2 aromatic rings. The van der Waals surface area contributed by atoms with Crippen molar-refractivity contribution in [1.82, 2.24) is 9.13 Å². The van der Waals surface area contributed by atoms with Gasteiger partial charge in [0.15, 0.2) is 0 Å². The highest BCUT2D eigenvalue weighted by molar-refractivity contribution is 6.31. The van der Waals surface area contributed by atoms with Gasteiger partial charge >= 0.3 is 5.69 Å². The van der Waals surface area contributed by atoms with Gasteiger partial charge in [0.2, 0.25) is 0 Å². The topological polar surface area (TPSA) is 61.1 Å². The van der Waals surface area contributed by atoms with Crippen LogP contribution >= 0.6 is 11.6 Å². The molecule has 94 valence electrons. The molecule has 0 amide bonds. The number of benzene rings is 1. The summed E-state index contributed by atoms with van der Waals surface area (Å²) in [7, 11) is 1.55. The van der Waals surface area contributed by atoms with Crippen LogP contribution in [0.1, 0.15) is 6.92 Å². The number of carbonyl (C=O) groups excluding carboxylic acids is 1. The Morgan fingerprint density at radius 2 is 2.00 bits per heavy atom. The van der Waals surface area contributed by atoms with Gasteiger partial charge in [-0.1, -0.05) is 11.6 Å². The second kappa shape index (κ2) is 4.42. The van der Waals surface area contributed by atoms with E-state index in [0.29, 0.717) is 15.9 Å². The van der Waals surface area contributed by atoms with Gasteiger partial charge in [0, 0.05) is 12.1 Å². The van der Waals surface area contributed by atoms with E-state index in [-0.39, 0.29) is 12.3 Å². The lowest BCUT2D eigenvalue weighted by atomic mass is 10.2. The summed E-state index contributed by atoms with van der Waals surface area (Å²) >= 11 is 5.84. The normalized spacial score (nSPS) is 10.8. The Kier molecular flexibility index (Phi) is 3.09. The average Bonchev–Trinajstić information content (AvgIpc) is 2.31. The molecule has 0 unspecified atom stereocenters. The second-order valence-electron chi connectivity index (χ2n) is 4.10. The van der Waals surface area contributed by atoms with Crippen LogP contribution in [0.2, 0.25) is 5.02 Å². The van der Waals surface area contributed by atoms with E-state index in [2.05, 4.69) is 0 Å². The average molecular weight is 267 g/mol. The summed E-state index contributed by atoms with van der Waals surface area (Å²) in [6, 6.07) is 4.71. The predicted molar refractivity (Wildman–Crippen MR) is 69.1 cm³/mol. The molecule has 0 radical (unpaired) electrons. The molecule has 0 spiro atoms. The van der Waals surface area contributed by atoms with Gasteiger partial charge in [0.05, 0.1) is 17.4 Å². The number of hydrogen-bond acceptors (Lipinski definition) is 3. The van der Waals surface area contributed by atoms with Gasteiger partial charge in [0.1, 0.15) is 5.78 Å². The maximum absolute atomic E-state index is 12.1. The summed E-state index contributed by atoms with van der Waals surface area (Å²) in [6.07, 6.45) is 0. The third-order valence-corrected chi connectivity index (χ3v) is 2.93. The van der Waals surface area contributed by atoms with Crippen molar-refractivity contribution < 1.29 is 4.79 Å². The zero-order chi connectivity index (χ0) is 13.4. The fourth-order valence-corrected chi connectivity index (χ4v) is 2.02. The smallest absolute Gasteiger partial charge is 0.298 e. The maximum atomic E-state index is 12.1. The molecule has 0 fully saturated rings. The van der Waals surface area contributed by atoms with Crippen molar-refractivity contribution in [1.29, 1.82) is 0 Å². The number of aryl methyl sites for hydroxylation is 1. The molecule has 6 heteroatoms. The van der Waals surface area contributed by atoms with Gasteiger partial charge in [0.25, 0.3) is 5.56 Å². The van der Waals surface area contributed by atoms with Crippen LogP contribution in [0, 0.1) is 0 Å². The highest BCUT2D eigenvalue weighted by atomic mass is 35.5. The first kappa shape index (κ1) is 12.6. The molecule has 5 nitrogen and oxygen atoms in total. The molecule has 2 rings (SSSR count). The quantitative estimate of drug-likeness (QED) is 0.813. The van der Waals surface area contributed by atoms with E-state index in [0.717, 1.165) is 4.57 Å². The van der Waals surface area contributed by atoms with Crippen LogP contribution in [0.3, 0.4) is 0 Å². The lowest BCUT2D eigenvalue weighted by molar-refractivity contribution is -0.117. The van der Waals surface area contributed by atoms with Gasteiger partial charge in [-0.05, 0) is 25.1 Å². The predicted octanol–water partition coefficient (Wildman–Crippen LogP) is 0.943. The van der Waals surface area contributed by atoms with E-state index >= 15 is 0 Å². The number of hydrogen-bond donors (Lipinski definition) is 0. The molecule has 1 aromatic carbocycles. The molecule has 18 heavy (non-hydrogen) atoms. The number of halogens is 1. The van der Waals surface area contributed by atoms with Gasteiger partial charge in [-0.3, -0.25) is 18.7 Å². The molecule has 0 saturated carbocycles. The van der Waals surface area contributed by atoms with Crippen molar-refractivity contribution in [2.75, 3.05) is 0 Å². The minimum absolute atomic E-state index is 0.228. The zero-order valence-corrected chi connectivity index (χ0v) is 10.7. The lowest BCUT2D eigenvalue weighted by Gasteiger charge is -2.09. The molecule has 0 N–H and O–H groups in total. The van der Waals surface area contributed by atoms with Gasteiger partial charge in [-0.25, -0.2) is 4.79 Å². The third kappa shape index (κ3) is 1.97. The molecule has 1 heterocycles. The highest BCUT2D eigenvalue weighted by Crippen LogP contribution is 2.14. The molecule has 1 aromatic heterocycles. The number of fused-ring (bicyclic) bond motifs is 1. The highest BCUT2D eigenvalue weighted by Gasteiger charge is 2.12. The minimum Gasteiger partial charge on any atom is -0.298 e. The number of rotatable bonds is 2. The molecular weight excluding hydrogens is 256 g/mol. The van der Waals surface area contributed by atoms with Crippen LogP contribution in [0.4, 0.5) is 0 Å². The van der Waals surface area contributed by atoms with Gasteiger partial charge in [-0.15, -0.1) is 0 Å². The van der Waals surface area contributed by atoms with Crippen molar-refractivity contribution in [3.05, 3.63) is 44.1 Å². The van der Waals surface area contributed by atoms with Crippen molar-refractivity contribution >= 4 is 28.3 Å². The van der Waals surface area contributed by atoms with Crippen LogP contribution in [0.5, 0.6) is 0 Å². The molecule has 0 atom stereocenters. The van der Waals surface area contributed by atoms with Crippen LogP contribution in [0.25, 0.3) is 10.9 Å². The van der Waals surface area contributed by atoms with E-state index in [4.69, 9.17) is 11.6 Å². The Balaban J connectivity index is 2.93. The third-order valence-electron chi connectivity index (χ3n) is 2.69. The summed E-state index contributed by atoms with van der Waals surface area (Å²) < 4.78 is 2.25. The van der Waals surface area contributed by atoms with Crippen LogP contribution in [0.15, 0.2) is 27.8 Å². The number of ketones is 1. The Labute approximate surface area is 107 Å². The summed E-state index contributed by atoms with van der Waals surface area (Å²) in [4.78, 5) is 35.2. The second-order valence-corrected chi connectivity index (χ2v) is 4.53. The largest absolute Gasteiger partial charge is 0.331 e. The van der Waals surface area contributed by atoms with E-state index < -0.39 is 11.2 Å². The van der Waals surface area contributed by atoms with E-state index in [1.165, 1.54) is 17.6 Å². The Morgan fingerprint density at radius 1 is 1.33 bits per heavy atom. The van der Waals surface area contributed by atoms with E-state index in [1.807, 2.05) is 0 Å². The first-order valence-electron chi connectivity index (χ1n) is 5.30. The van der Waals surface area contributed by atoms with Gasteiger partial charge < -0.3 is 0 Å². The fourth-order valence-electron chi connectivity index (χ4n) is 1.85. The molecule has 0 bridgehead atoms. The van der Waals surface area contributed by atoms with Crippen LogP contribution in [-0.2, 0) is 18.4 Å². The summed E-state index contributed by atoms with van der Waals surface area (Å²) in [6.45, 7) is 1.10.